The number of carbonyl (C=O) groups is 2. The topological polar surface area (TPSA) is 74.1 Å². The summed E-state index contributed by atoms with van der Waals surface area (Å²) in [6.45, 7) is 0. The van der Waals surface area contributed by atoms with Crippen molar-refractivity contribution in [2.24, 2.45) is 9.98 Å². The van der Waals surface area contributed by atoms with Crippen LogP contribution in [0, 0.1) is 5.82 Å². The molecular formula is C25H25FN4O2S. The molecule has 2 aromatic rings. The minimum atomic E-state index is -0.783. The Bertz CT molecular complexity index is 1140. The van der Waals surface area contributed by atoms with Gasteiger partial charge in [0.1, 0.15) is 17.7 Å². The van der Waals surface area contributed by atoms with Gasteiger partial charge in [-0.25, -0.2) is 14.3 Å². The smallest absolute Gasteiger partial charge is 0.259 e. The van der Waals surface area contributed by atoms with Crippen LogP contribution in [-0.2, 0) is 15.3 Å². The molecule has 1 atom stereocenters. The lowest BCUT2D eigenvalue weighted by Crippen LogP contribution is -2.43. The van der Waals surface area contributed by atoms with Crippen molar-refractivity contribution < 1.29 is 14.0 Å². The Morgan fingerprint density at radius 1 is 1.09 bits per heavy atom. The van der Waals surface area contributed by atoms with Crippen LogP contribution < -0.4 is 5.32 Å². The molecule has 0 radical (unpaired) electrons. The number of halogens is 1. The van der Waals surface area contributed by atoms with E-state index in [0.717, 1.165) is 31.2 Å². The van der Waals surface area contributed by atoms with Crippen LogP contribution in [0.3, 0.4) is 0 Å². The summed E-state index contributed by atoms with van der Waals surface area (Å²) in [5.41, 5.74) is 2.01. The summed E-state index contributed by atoms with van der Waals surface area (Å²) in [5.74, 6) is 0.142. The van der Waals surface area contributed by atoms with Crippen LogP contribution in [0.4, 0.5) is 10.1 Å². The quantitative estimate of drug-likeness (QED) is 0.705. The van der Waals surface area contributed by atoms with Crippen molar-refractivity contribution in [1.82, 2.24) is 10.2 Å². The van der Waals surface area contributed by atoms with Gasteiger partial charge in [-0.2, -0.15) is 0 Å². The number of thioether (sulfide) groups is 1. The van der Waals surface area contributed by atoms with Crippen molar-refractivity contribution in [3.63, 3.8) is 0 Å². The zero-order valence-electron chi connectivity index (χ0n) is 18.2. The van der Waals surface area contributed by atoms with Gasteiger partial charge in [-0.3, -0.25) is 14.6 Å². The molecule has 1 fully saturated rings. The number of para-hydroxylation sites is 1. The molecule has 170 valence electrons. The lowest BCUT2D eigenvalue weighted by Gasteiger charge is -2.25. The number of amidine groups is 2. The van der Waals surface area contributed by atoms with E-state index < -0.39 is 6.04 Å². The zero-order chi connectivity index (χ0) is 22.8. The van der Waals surface area contributed by atoms with Crippen molar-refractivity contribution in [3.8, 4) is 0 Å². The highest BCUT2D eigenvalue weighted by atomic mass is 32.2. The molecule has 8 heteroatoms. The summed E-state index contributed by atoms with van der Waals surface area (Å²) in [6, 6.07) is 13.5. The van der Waals surface area contributed by atoms with Crippen LogP contribution in [0.2, 0.25) is 0 Å². The standard InChI is InChI=1S/C25H25FN4O2S/c26-19-12-6-4-8-16(19)15-33-25-29-20-13-7-5-11-18(20)23-28-21(24(32)30(23)25)14-22(31)27-17-9-2-1-3-10-17/h4-8,11-13,17,21H,1-3,9-10,14-15H2,(H,27,31)/t21-/m1/s1. The summed E-state index contributed by atoms with van der Waals surface area (Å²) < 4.78 is 14.1. The van der Waals surface area contributed by atoms with E-state index in [1.165, 1.54) is 29.1 Å². The molecule has 6 nitrogen and oxygen atoms in total. The molecule has 0 unspecified atom stereocenters. The SMILES string of the molecule is O=C(C[C@H]1N=C2c3ccccc3N=C(SCc3ccccc3F)N2C1=O)NC1CCCCC1. The van der Waals surface area contributed by atoms with Crippen molar-refractivity contribution in [2.75, 3.05) is 0 Å². The van der Waals surface area contributed by atoms with Crippen LogP contribution in [0.25, 0.3) is 0 Å². The highest BCUT2D eigenvalue weighted by Gasteiger charge is 2.42. The minimum absolute atomic E-state index is 0.0166. The third-order valence-corrected chi connectivity index (χ3v) is 7.20. The number of aliphatic imine (C=N–C) groups is 2. The Hall–Kier alpha value is -3.00. The predicted molar refractivity (Wildman–Crippen MR) is 128 cm³/mol. The van der Waals surface area contributed by atoms with Gasteiger partial charge in [0, 0.05) is 17.4 Å². The van der Waals surface area contributed by atoms with Gasteiger partial charge in [0.2, 0.25) is 5.91 Å². The molecule has 2 aromatic carbocycles. The van der Waals surface area contributed by atoms with Gasteiger partial charge in [0.25, 0.3) is 5.91 Å². The maximum atomic E-state index is 14.1. The van der Waals surface area contributed by atoms with Crippen LogP contribution in [0.15, 0.2) is 58.5 Å². The van der Waals surface area contributed by atoms with E-state index in [1.807, 2.05) is 24.3 Å². The number of rotatable bonds is 5. The second-order valence-corrected chi connectivity index (χ2v) is 9.48. The molecule has 5 rings (SSSR count). The van der Waals surface area contributed by atoms with E-state index in [2.05, 4.69) is 15.3 Å². The average Bonchev–Trinajstić information content (AvgIpc) is 3.15. The third-order valence-electron chi connectivity index (χ3n) is 6.21. The first-order valence-corrected chi connectivity index (χ1v) is 12.3. The van der Waals surface area contributed by atoms with E-state index in [9.17, 15) is 14.0 Å². The van der Waals surface area contributed by atoms with Crippen LogP contribution in [-0.4, -0.2) is 39.8 Å². The van der Waals surface area contributed by atoms with Gasteiger partial charge in [0.05, 0.1) is 12.1 Å². The maximum Gasteiger partial charge on any atom is 0.259 e. The maximum absolute atomic E-state index is 14.1. The van der Waals surface area contributed by atoms with Gasteiger partial charge < -0.3 is 5.32 Å². The zero-order valence-corrected chi connectivity index (χ0v) is 19.0. The number of nitrogens with zero attached hydrogens (tertiary/aromatic N) is 3. The summed E-state index contributed by atoms with van der Waals surface area (Å²) in [6.07, 6.45) is 5.45. The van der Waals surface area contributed by atoms with Crippen LogP contribution in [0.1, 0.15) is 49.7 Å². The fraction of sp³-hybridized carbons (Fsp3) is 0.360. The molecule has 2 amide bonds. The average molecular weight is 465 g/mol. The second-order valence-electron chi connectivity index (χ2n) is 8.54. The van der Waals surface area contributed by atoms with E-state index in [-0.39, 0.29) is 30.1 Å². The molecule has 2 aliphatic heterocycles. The van der Waals surface area contributed by atoms with Crippen molar-refractivity contribution in [3.05, 3.63) is 65.5 Å². The Labute approximate surface area is 196 Å². The number of benzene rings is 2. The normalized spacial score (nSPS) is 20.1. The van der Waals surface area contributed by atoms with E-state index in [4.69, 9.17) is 0 Å². The number of fused-ring (bicyclic) bond motifs is 3. The fourth-order valence-electron chi connectivity index (χ4n) is 4.50. The highest BCUT2D eigenvalue weighted by Crippen LogP contribution is 2.35. The minimum Gasteiger partial charge on any atom is -0.353 e. The number of nitrogens with one attached hydrogen (secondary N) is 1. The van der Waals surface area contributed by atoms with E-state index >= 15 is 0 Å². The summed E-state index contributed by atoms with van der Waals surface area (Å²) in [5, 5.41) is 3.53. The highest BCUT2D eigenvalue weighted by molar-refractivity contribution is 8.13. The van der Waals surface area contributed by atoms with Crippen molar-refractivity contribution in [1.29, 1.82) is 0 Å². The Balaban J connectivity index is 1.36. The lowest BCUT2D eigenvalue weighted by molar-refractivity contribution is -0.129. The predicted octanol–water partition coefficient (Wildman–Crippen LogP) is 4.56. The van der Waals surface area contributed by atoms with Gasteiger partial charge in [0.15, 0.2) is 5.17 Å². The third kappa shape index (κ3) is 4.57. The Kier molecular flexibility index (Phi) is 6.26. The lowest BCUT2D eigenvalue weighted by atomic mass is 9.95. The summed E-state index contributed by atoms with van der Waals surface area (Å²) >= 11 is 1.29. The molecule has 0 aromatic heterocycles. The second kappa shape index (κ2) is 9.47. The van der Waals surface area contributed by atoms with Gasteiger partial charge in [-0.1, -0.05) is 61.4 Å². The van der Waals surface area contributed by atoms with Gasteiger partial charge in [-0.05, 0) is 36.6 Å². The first kappa shape index (κ1) is 21.8. The molecule has 1 saturated carbocycles. The monoisotopic (exact) mass is 464 g/mol. The van der Waals surface area contributed by atoms with E-state index in [1.54, 1.807) is 18.2 Å². The van der Waals surface area contributed by atoms with Gasteiger partial charge in [-0.15, -0.1) is 0 Å². The fourth-order valence-corrected chi connectivity index (χ4v) is 5.49. The van der Waals surface area contributed by atoms with Crippen LogP contribution >= 0.6 is 11.8 Å². The number of hydrogen-bond acceptors (Lipinski definition) is 5. The first-order chi connectivity index (χ1) is 16.1. The first-order valence-electron chi connectivity index (χ1n) is 11.4. The van der Waals surface area contributed by atoms with Crippen LogP contribution in [0.5, 0.6) is 0 Å². The van der Waals surface area contributed by atoms with Crippen molar-refractivity contribution >= 4 is 40.3 Å². The molecule has 2 heterocycles. The largest absolute Gasteiger partial charge is 0.353 e. The number of amides is 2. The molecule has 0 spiro atoms. The van der Waals surface area contributed by atoms with Gasteiger partial charge >= 0.3 is 0 Å². The Morgan fingerprint density at radius 3 is 2.67 bits per heavy atom. The molecular weight excluding hydrogens is 439 g/mol. The molecule has 33 heavy (non-hydrogen) atoms. The molecule has 3 aliphatic rings. The summed E-state index contributed by atoms with van der Waals surface area (Å²) in [7, 11) is 0. The Morgan fingerprint density at radius 2 is 1.85 bits per heavy atom. The molecule has 1 N–H and O–H groups in total. The molecule has 0 bridgehead atoms. The number of carbonyl (C=O) groups excluding carboxylic acids is 2. The van der Waals surface area contributed by atoms with E-state index in [0.29, 0.717) is 28.0 Å². The number of hydrogen-bond donors (Lipinski definition) is 1. The summed E-state index contributed by atoms with van der Waals surface area (Å²) in [4.78, 5) is 36.8. The molecule has 1 aliphatic carbocycles. The molecule has 0 saturated heterocycles. The van der Waals surface area contributed by atoms with Crippen molar-refractivity contribution in [2.45, 2.75) is 56.4 Å².